The van der Waals surface area contributed by atoms with E-state index in [4.69, 9.17) is 5.73 Å². The number of carbonyl (C=O) groups is 1. The van der Waals surface area contributed by atoms with Crippen molar-refractivity contribution in [3.05, 3.63) is 29.8 Å². The molecule has 0 unspecified atom stereocenters. The molecule has 0 atom stereocenters. The third-order valence-electron chi connectivity index (χ3n) is 2.81. The Bertz CT molecular complexity index is 483. The molecule has 4 N–H and O–H groups in total. The fraction of sp³-hybridized carbons (Fsp3) is 0.500. The molecule has 0 saturated carbocycles. The van der Waals surface area contributed by atoms with Crippen LogP contribution in [0.5, 0.6) is 0 Å². The van der Waals surface area contributed by atoms with Crippen LogP contribution in [0.3, 0.4) is 0 Å². The molecule has 116 valence electrons. The molecule has 5 nitrogen and oxygen atoms in total. The Hall–Kier alpha value is -2.04. The van der Waals surface area contributed by atoms with Gasteiger partial charge in [0.1, 0.15) is 0 Å². The lowest BCUT2D eigenvalue weighted by atomic mass is 10.2. The molecule has 21 heavy (non-hydrogen) atoms. The first-order valence-electron chi connectivity index (χ1n) is 7.43. The summed E-state index contributed by atoms with van der Waals surface area (Å²) in [4.78, 5) is 15.9. The van der Waals surface area contributed by atoms with Gasteiger partial charge in [-0.2, -0.15) is 0 Å². The Balaban J connectivity index is 2.56. The number of benzene rings is 1. The third kappa shape index (κ3) is 7.34. The average Bonchev–Trinajstić information content (AvgIpc) is 2.43. The number of hydrogen-bond acceptors (Lipinski definition) is 2. The summed E-state index contributed by atoms with van der Waals surface area (Å²) in [5, 5.41) is 5.95. The Labute approximate surface area is 127 Å². The second-order valence-corrected chi connectivity index (χ2v) is 5.47. The molecule has 0 spiro atoms. The van der Waals surface area contributed by atoms with Gasteiger partial charge in [-0.3, -0.25) is 4.79 Å². The van der Waals surface area contributed by atoms with Gasteiger partial charge in [-0.25, -0.2) is 4.99 Å². The van der Waals surface area contributed by atoms with Crippen LogP contribution >= 0.6 is 0 Å². The molecule has 0 heterocycles. The van der Waals surface area contributed by atoms with Gasteiger partial charge in [0.05, 0.1) is 6.54 Å². The van der Waals surface area contributed by atoms with Crippen LogP contribution in [0.2, 0.25) is 0 Å². The summed E-state index contributed by atoms with van der Waals surface area (Å²) in [5.41, 5.74) is 7.61. The first-order valence-corrected chi connectivity index (χ1v) is 7.43. The van der Waals surface area contributed by atoms with E-state index in [1.165, 1.54) is 0 Å². The summed E-state index contributed by atoms with van der Waals surface area (Å²) in [5.74, 6) is 1.01. The van der Waals surface area contributed by atoms with Gasteiger partial charge in [0.2, 0.25) is 5.91 Å². The van der Waals surface area contributed by atoms with Crippen molar-refractivity contribution in [2.75, 3.05) is 11.9 Å². The first-order chi connectivity index (χ1) is 10.0. The van der Waals surface area contributed by atoms with Gasteiger partial charge in [0.25, 0.3) is 0 Å². The predicted molar refractivity (Wildman–Crippen MR) is 88.1 cm³/mol. The van der Waals surface area contributed by atoms with E-state index >= 15 is 0 Å². The first kappa shape index (κ1) is 17.0. The molecule has 5 heteroatoms. The summed E-state index contributed by atoms with van der Waals surface area (Å²) >= 11 is 0. The topological polar surface area (TPSA) is 79.5 Å². The number of nitrogens with zero attached hydrogens (tertiary/aromatic N) is 1. The zero-order valence-electron chi connectivity index (χ0n) is 13.1. The van der Waals surface area contributed by atoms with Crippen LogP contribution in [0.15, 0.2) is 29.3 Å². The minimum atomic E-state index is 0.0382. The molecule has 0 aliphatic carbocycles. The van der Waals surface area contributed by atoms with Crippen LogP contribution < -0.4 is 16.4 Å². The maximum Gasteiger partial charge on any atom is 0.224 e. The Morgan fingerprint density at radius 1 is 1.38 bits per heavy atom. The van der Waals surface area contributed by atoms with Gasteiger partial charge in [0, 0.05) is 18.7 Å². The lowest BCUT2D eigenvalue weighted by Crippen LogP contribution is -2.34. The minimum absolute atomic E-state index is 0.0382. The van der Waals surface area contributed by atoms with Crippen LogP contribution in [-0.4, -0.2) is 18.4 Å². The van der Waals surface area contributed by atoms with Crippen molar-refractivity contribution >= 4 is 17.6 Å². The van der Waals surface area contributed by atoms with Gasteiger partial charge in [-0.15, -0.1) is 0 Å². The molecule has 0 bridgehead atoms. The number of anilines is 1. The van der Waals surface area contributed by atoms with Crippen molar-refractivity contribution in [1.29, 1.82) is 0 Å². The normalized spacial score (nSPS) is 11.5. The summed E-state index contributed by atoms with van der Waals surface area (Å²) in [6.07, 6.45) is 1.38. The van der Waals surface area contributed by atoms with E-state index in [9.17, 15) is 4.79 Å². The number of nitrogens with two attached hydrogens (primary N) is 1. The third-order valence-corrected chi connectivity index (χ3v) is 2.81. The lowest BCUT2D eigenvalue weighted by Gasteiger charge is -2.08. The monoisotopic (exact) mass is 290 g/mol. The number of rotatable bonds is 7. The largest absolute Gasteiger partial charge is 0.370 e. The predicted octanol–water partition coefficient (Wildman–Crippen LogP) is 2.49. The van der Waals surface area contributed by atoms with Crippen molar-refractivity contribution in [2.24, 2.45) is 16.6 Å². The molecule has 1 aromatic carbocycles. The fourth-order valence-corrected chi connectivity index (χ4v) is 1.74. The second kappa shape index (κ2) is 9.00. The summed E-state index contributed by atoms with van der Waals surface area (Å²) in [7, 11) is 0. The van der Waals surface area contributed by atoms with Crippen molar-refractivity contribution in [1.82, 2.24) is 5.32 Å². The molecule has 0 aromatic heterocycles. The van der Waals surface area contributed by atoms with Crippen molar-refractivity contribution < 1.29 is 4.79 Å². The molecule has 0 saturated heterocycles. The number of hydrogen-bond donors (Lipinski definition) is 3. The highest BCUT2D eigenvalue weighted by Crippen LogP contribution is 2.12. The molecule has 0 aliphatic heterocycles. The van der Waals surface area contributed by atoms with E-state index < -0.39 is 0 Å². The highest BCUT2D eigenvalue weighted by atomic mass is 16.1. The van der Waals surface area contributed by atoms with Crippen LogP contribution in [-0.2, 0) is 11.3 Å². The van der Waals surface area contributed by atoms with Crippen molar-refractivity contribution in [3.63, 3.8) is 0 Å². The zero-order valence-corrected chi connectivity index (χ0v) is 13.1. The van der Waals surface area contributed by atoms with E-state index in [0.717, 1.165) is 24.2 Å². The smallest absolute Gasteiger partial charge is 0.224 e. The molecule has 1 aromatic rings. The number of carbonyl (C=O) groups excluding carboxylic acids is 1. The van der Waals surface area contributed by atoms with Crippen LogP contribution in [0.1, 0.15) is 39.2 Å². The van der Waals surface area contributed by atoms with E-state index in [0.29, 0.717) is 24.8 Å². The SMILES string of the molecule is CCCC(=O)Nc1cccc(CN=C(N)NCC(C)C)c1. The molecular weight excluding hydrogens is 264 g/mol. The van der Waals surface area contributed by atoms with Gasteiger partial charge in [-0.05, 0) is 30.0 Å². The van der Waals surface area contributed by atoms with Gasteiger partial charge < -0.3 is 16.4 Å². The quantitative estimate of drug-likeness (QED) is 0.533. The molecule has 0 fully saturated rings. The van der Waals surface area contributed by atoms with Crippen LogP contribution in [0.25, 0.3) is 0 Å². The van der Waals surface area contributed by atoms with Gasteiger partial charge in [-0.1, -0.05) is 32.9 Å². The number of aliphatic imine (C=N–C) groups is 1. The average molecular weight is 290 g/mol. The second-order valence-electron chi connectivity index (χ2n) is 5.47. The van der Waals surface area contributed by atoms with Crippen LogP contribution in [0.4, 0.5) is 5.69 Å². The summed E-state index contributed by atoms with van der Waals surface area (Å²) in [6.45, 7) is 7.51. The number of amides is 1. The molecular formula is C16H26N4O. The highest BCUT2D eigenvalue weighted by molar-refractivity contribution is 5.90. The lowest BCUT2D eigenvalue weighted by molar-refractivity contribution is -0.116. The van der Waals surface area contributed by atoms with E-state index in [2.05, 4.69) is 29.5 Å². The maximum absolute atomic E-state index is 11.6. The highest BCUT2D eigenvalue weighted by Gasteiger charge is 2.01. The number of nitrogens with one attached hydrogen (secondary N) is 2. The molecule has 0 aliphatic rings. The standard InChI is InChI=1S/C16H26N4O/c1-4-6-15(21)20-14-8-5-7-13(9-14)11-19-16(17)18-10-12(2)3/h5,7-9,12H,4,6,10-11H2,1-3H3,(H,20,21)(H3,17,18,19). The summed E-state index contributed by atoms with van der Waals surface area (Å²) in [6, 6.07) is 7.67. The maximum atomic E-state index is 11.6. The zero-order chi connectivity index (χ0) is 15.7. The Kier molecular flexibility index (Phi) is 7.29. The molecule has 0 radical (unpaired) electrons. The molecule has 1 amide bonds. The van der Waals surface area contributed by atoms with E-state index in [1.54, 1.807) is 0 Å². The van der Waals surface area contributed by atoms with Crippen molar-refractivity contribution in [3.8, 4) is 0 Å². The minimum Gasteiger partial charge on any atom is -0.370 e. The van der Waals surface area contributed by atoms with E-state index in [1.807, 2.05) is 31.2 Å². The van der Waals surface area contributed by atoms with E-state index in [-0.39, 0.29) is 5.91 Å². The fourth-order valence-electron chi connectivity index (χ4n) is 1.74. The molecule has 1 rings (SSSR count). The Morgan fingerprint density at radius 2 is 2.14 bits per heavy atom. The number of guanidine groups is 1. The Morgan fingerprint density at radius 3 is 2.81 bits per heavy atom. The van der Waals surface area contributed by atoms with Crippen LogP contribution in [0, 0.1) is 5.92 Å². The van der Waals surface area contributed by atoms with Gasteiger partial charge in [0.15, 0.2) is 5.96 Å². The van der Waals surface area contributed by atoms with Gasteiger partial charge >= 0.3 is 0 Å². The van der Waals surface area contributed by atoms with Crippen molar-refractivity contribution in [2.45, 2.75) is 40.2 Å². The summed E-state index contributed by atoms with van der Waals surface area (Å²) < 4.78 is 0.